The van der Waals surface area contributed by atoms with Gasteiger partial charge in [0.15, 0.2) is 9.84 Å². The molecule has 20 heavy (non-hydrogen) atoms. The molecule has 0 saturated carbocycles. The van der Waals surface area contributed by atoms with Gasteiger partial charge in [-0.05, 0) is 25.3 Å². The Balaban J connectivity index is 2.47. The molecule has 0 spiro atoms. The zero-order valence-corrected chi connectivity index (χ0v) is 14.2. The van der Waals surface area contributed by atoms with Crippen LogP contribution in [-0.2, 0) is 19.9 Å². The SMILES string of the molecule is CCS(=O)(=O)CCN1CCC[C@H](CN(C)S(C)(=O)=O)C1. The lowest BCUT2D eigenvalue weighted by molar-refractivity contribution is 0.169. The van der Waals surface area contributed by atoms with Gasteiger partial charge in [-0.15, -0.1) is 0 Å². The van der Waals surface area contributed by atoms with Gasteiger partial charge in [-0.1, -0.05) is 6.92 Å². The first-order valence-corrected chi connectivity index (χ1v) is 10.6. The van der Waals surface area contributed by atoms with Crippen LogP contribution in [0.2, 0.25) is 0 Å². The number of nitrogens with zero attached hydrogens (tertiary/aromatic N) is 2. The third-order valence-electron chi connectivity index (χ3n) is 3.84. The minimum absolute atomic E-state index is 0.182. The fourth-order valence-electron chi connectivity index (χ4n) is 2.41. The van der Waals surface area contributed by atoms with Gasteiger partial charge in [-0.3, -0.25) is 0 Å². The molecule has 1 rings (SSSR count). The molecule has 1 fully saturated rings. The average molecular weight is 326 g/mol. The smallest absolute Gasteiger partial charge is 0.210 e. The summed E-state index contributed by atoms with van der Waals surface area (Å²) in [7, 11) is -4.48. The largest absolute Gasteiger partial charge is 0.302 e. The van der Waals surface area contributed by atoms with Crippen LogP contribution in [0.5, 0.6) is 0 Å². The van der Waals surface area contributed by atoms with E-state index in [1.54, 1.807) is 14.0 Å². The quantitative estimate of drug-likeness (QED) is 0.659. The highest BCUT2D eigenvalue weighted by atomic mass is 32.2. The highest BCUT2D eigenvalue weighted by Gasteiger charge is 2.24. The van der Waals surface area contributed by atoms with E-state index in [-0.39, 0.29) is 17.4 Å². The van der Waals surface area contributed by atoms with Gasteiger partial charge in [0.05, 0.1) is 12.0 Å². The number of sulfone groups is 1. The predicted octanol–water partition coefficient (Wildman–Crippen LogP) is 0.0245. The molecule has 0 amide bonds. The average Bonchev–Trinajstić information content (AvgIpc) is 2.36. The highest BCUT2D eigenvalue weighted by molar-refractivity contribution is 7.91. The van der Waals surface area contributed by atoms with E-state index in [1.807, 2.05) is 0 Å². The molecule has 1 aliphatic heterocycles. The first-order chi connectivity index (χ1) is 9.14. The Hall–Kier alpha value is -0.180. The Morgan fingerprint density at radius 3 is 2.45 bits per heavy atom. The molecule has 1 heterocycles. The molecule has 8 heteroatoms. The normalized spacial score (nSPS) is 22.3. The zero-order chi connectivity index (χ0) is 15.4. The predicted molar refractivity (Wildman–Crippen MR) is 81.0 cm³/mol. The molecule has 120 valence electrons. The minimum Gasteiger partial charge on any atom is -0.302 e. The van der Waals surface area contributed by atoms with Crippen molar-refractivity contribution in [3.8, 4) is 0 Å². The van der Waals surface area contributed by atoms with Crippen LogP contribution in [0.4, 0.5) is 0 Å². The Bertz CT molecular complexity index is 502. The Morgan fingerprint density at radius 1 is 1.25 bits per heavy atom. The Labute approximate surface area is 123 Å². The van der Waals surface area contributed by atoms with Crippen LogP contribution in [0, 0.1) is 5.92 Å². The summed E-state index contributed by atoms with van der Waals surface area (Å²) in [5.74, 6) is 0.659. The second-order valence-corrected chi connectivity index (χ2v) is 10.2. The van der Waals surface area contributed by atoms with Crippen molar-refractivity contribution in [3.05, 3.63) is 0 Å². The fraction of sp³-hybridized carbons (Fsp3) is 1.00. The molecule has 0 bridgehead atoms. The van der Waals surface area contributed by atoms with Crippen molar-refractivity contribution in [2.24, 2.45) is 5.92 Å². The van der Waals surface area contributed by atoms with E-state index in [0.29, 0.717) is 13.1 Å². The highest BCUT2D eigenvalue weighted by Crippen LogP contribution is 2.18. The van der Waals surface area contributed by atoms with Gasteiger partial charge in [0.2, 0.25) is 10.0 Å². The summed E-state index contributed by atoms with van der Waals surface area (Å²) in [5, 5.41) is 0. The molecular formula is C12H26N2O4S2. The standard InChI is InChI=1S/C12H26N2O4S2/c1-4-20(17,18)9-8-14-7-5-6-12(11-14)10-13(2)19(3,15)16/h12H,4-11H2,1-3H3/t12-/m1/s1. The van der Waals surface area contributed by atoms with Crippen LogP contribution >= 0.6 is 0 Å². The zero-order valence-electron chi connectivity index (χ0n) is 12.6. The van der Waals surface area contributed by atoms with E-state index in [0.717, 1.165) is 25.9 Å². The summed E-state index contributed by atoms with van der Waals surface area (Å²) in [6, 6.07) is 0. The van der Waals surface area contributed by atoms with E-state index in [2.05, 4.69) is 4.90 Å². The number of piperidine rings is 1. The van der Waals surface area contributed by atoms with Crippen molar-refractivity contribution in [2.45, 2.75) is 19.8 Å². The molecular weight excluding hydrogens is 300 g/mol. The third-order valence-corrected chi connectivity index (χ3v) is 6.81. The maximum Gasteiger partial charge on any atom is 0.210 e. The number of sulfonamides is 1. The molecule has 0 aromatic heterocycles. The Kier molecular flexibility index (Phi) is 6.43. The van der Waals surface area contributed by atoms with Crippen LogP contribution in [0.1, 0.15) is 19.8 Å². The second kappa shape index (κ2) is 7.20. The van der Waals surface area contributed by atoms with Gasteiger partial charge in [0, 0.05) is 32.4 Å². The van der Waals surface area contributed by atoms with Crippen LogP contribution < -0.4 is 0 Å². The molecule has 0 aromatic carbocycles. The van der Waals surface area contributed by atoms with Gasteiger partial charge in [0.25, 0.3) is 0 Å². The van der Waals surface area contributed by atoms with E-state index in [9.17, 15) is 16.8 Å². The third kappa shape index (κ3) is 6.07. The monoisotopic (exact) mass is 326 g/mol. The molecule has 1 saturated heterocycles. The molecule has 6 nitrogen and oxygen atoms in total. The van der Waals surface area contributed by atoms with E-state index >= 15 is 0 Å². The summed E-state index contributed by atoms with van der Waals surface area (Å²) >= 11 is 0. The summed E-state index contributed by atoms with van der Waals surface area (Å²) in [6.45, 7) is 4.40. The number of hydrogen-bond donors (Lipinski definition) is 0. The van der Waals surface area contributed by atoms with Crippen molar-refractivity contribution in [2.75, 3.05) is 51.0 Å². The molecule has 1 atom stereocenters. The molecule has 0 N–H and O–H groups in total. The molecule has 0 radical (unpaired) electrons. The number of rotatable bonds is 7. The van der Waals surface area contributed by atoms with Crippen LogP contribution in [0.3, 0.4) is 0 Å². The van der Waals surface area contributed by atoms with Crippen LogP contribution in [-0.4, -0.2) is 77.0 Å². The van der Waals surface area contributed by atoms with E-state index < -0.39 is 19.9 Å². The van der Waals surface area contributed by atoms with Crippen molar-refractivity contribution >= 4 is 19.9 Å². The van der Waals surface area contributed by atoms with Gasteiger partial charge >= 0.3 is 0 Å². The molecule has 0 aromatic rings. The summed E-state index contributed by atoms with van der Waals surface area (Å²) < 4.78 is 47.2. The summed E-state index contributed by atoms with van der Waals surface area (Å²) in [6.07, 6.45) is 3.20. The van der Waals surface area contributed by atoms with Crippen molar-refractivity contribution < 1.29 is 16.8 Å². The lowest BCUT2D eigenvalue weighted by Gasteiger charge is -2.34. The number of likely N-dealkylation sites (tertiary alicyclic amines) is 1. The topological polar surface area (TPSA) is 74.8 Å². The van der Waals surface area contributed by atoms with E-state index in [1.165, 1.54) is 10.6 Å². The molecule has 0 aliphatic carbocycles. The molecule has 0 unspecified atom stereocenters. The Morgan fingerprint density at radius 2 is 1.90 bits per heavy atom. The number of hydrogen-bond acceptors (Lipinski definition) is 5. The van der Waals surface area contributed by atoms with Gasteiger partial charge in [-0.2, -0.15) is 0 Å². The van der Waals surface area contributed by atoms with Crippen molar-refractivity contribution in [1.82, 2.24) is 9.21 Å². The van der Waals surface area contributed by atoms with Crippen LogP contribution in [0.15, 0.2) is 0 Å². The first kappa shape index (κ1) is 17.9. The van der Waals surface area contributed by atoms with Gasteiger partial charge in [-0.25, -0.2) is 21.1 Å². The first-order valence-electron chi connectivity index (χ1n) is 6.98. The lowest BCUT2D eigenvalue weighted by atomic mass is 9.98. The van der Waals surface area contributed by atoms with Gasteiger partial charge in [0.1, 0.15) is 0 Å². The maximum atomic E-state index is 11.5. The van der Waals surface area contributed by atoms with Gasteiger partial charge < -0.3 is 4.90 Å². The fourth-order valence-corrected chi connectivity index (χ4v) is 3.72. The van der Waals surface area contributed by atoms with E-state index in [4.69, 9.17) is 0 Å². The maximum absolute atomic E-state index is 11.5. The van der Waals surface area contributed by atoms with Crippen molar-refractivity contribution in [3.63, 3.8) is 0 Å². The minimum atomic E-state index is -3.14. The summed E-state index contributed by atoms with van der Waals surface area (Å²) in [5.41, 5.74) is 0. The lowest BCUT2D eigenvalue weighted by Crippen LogP contribution is -2.42. The molecule has 1 aliphatic rings. The van der Waals surface area contributed by atoms with Crippen molar-refractivity contribution in [1.29, 1.82) is 0 Å². The second-order valence-electron chi connectivity index (χ2n) is 5.59. The van der Waals surface area contributed by atoms with Crippen LogP contribution in [0.25, 0.3) is 0 Å². The summed E-state index contributed by atoms with van der Waals surface area (Å²) in [4.78, 5) is 2.14.